The summed E-state index contributed by atoms with van der Waals surface area (Å²) in [5, 5.41) is 12.3. The lowest BCUT2D eigenvalue weighted by atomic mass is 9.83. The van der Waals surface area contributed by atoms with E-state index in [4.69, 9.17) is 9.44 Å². The molecule has 3 atom stereocenters. The van der Waals surface area contributed by atoms with E-state index >= 15 is 0 Å². The molecule has 0 amide bonds. The van der Waals surface area contributed by atoms with Crippen LogP contribution in [0.2, 0.25) is 0 Å². The van der Waals surface area contributed by atoms with Crippen molar-refractivity contribution in [1.82, 2.24) is 5.32 Å². The molecule has 1 aliphatic rings. The van der Waals surface area contributed by atoms with Crippen molar-refractivity contribution in [2.24, 2.45) is 0 Å². The fourth-order valence-electron chi connectivity index (χ4n) is 3.59. The van der Waals surface area contributed by atoms with Gasteiger partial charge in [-0.3, -0.25) is 4.18 Å². The Labute approximate surface area is 171 Å². The highest BCUT2D eigenvalue weighted by Crippen LogP contribution is 2.35. The van der Waals surface area contributed by atoms with Crippen molar-refractivity contribution < 1.29 is 17.0 Å². The van der Waals surface area contributed by atoms with Crippen molar-refractivity contribution in [2.75, 3.05) is 12.8 Å². The van der Waals surface area contributed by atoms with E-state index in [0.29, 0.717) is 11.1 Å². The predicted octanol–water partition coefficient (Wildman–Crippen LogP) is 3.35. The Morgan fingerprint density at radius 3 is 2.46 bits per heavy atom. The second-order valence-electron chi connectivity index (χ2n) is 6.73. The molecule has 1 saturated heterocycles. The summed E-state index contributed by atoms with van der Waals surface area (Å²) in [5.41, 5.74) is 1.89. The molecule has 28 heavy (non-hydrogen) atoms. The van der Waals surface area contributed by atoms with Crippen LogP contribution in [0.25, 0.3) is 0 Å². The van der Waals surface area contributed by atoms with E-state index in [0.717, 1.165) is 31.2 Å². The Morgan fingerprint density at radius 2 is 1.93 bits per heavy atom. The molecule has 1 fully saturated rings. The number of hydrogen-bond acceptors (Lipinski definition) is 5. The first kappa shape index (κ1) is 22.3. The molecule has 0 aliphatic carbocycles. The van der Waals surface area contributed by atoms with Crippen LogP contribution in [-0.2, 0) is 14.3 Å². The predicted molar refractivity (Wildman–Crippen MR) is 107 cm³/mol. The van der Waals surface area contributed by atoms with Crippen LogP contribution in [0.15, 0.2) is 48.5 Å². The van der Waals surface area contributed by atoms with Gasteiger partial charge in [0.25, 0.3) is 10.1 Å². The summed E-state index contributed by atoms with van der Waals surface area (Å²) in [6, 6.07) is 14.9. The van der Waals surface area contributed by atoms with Gasteiger partial charge in [0.05, 0.1) is 17.9 Å². The summed E-state index contributed by atoms with van der Waals surface area (Å²) in [5.74, 6) is -0.901. The fraction of sp³-hybridized carbons (Fsp3) is 0.350. The van der Waals surface area contributed by atoms with Crippen LogP contribution in [0.1, 0.15) is 35.4 Å². The molecular formula is C20H22ClFN2O3S. The molecule has 8 heteroatoms. The fourth-order valence-corrected chi connectivity index (χ4v) is 4.23. The van der Waals surface area contributed by atoms with Crippen LogP contribution >= 0.6 is 12.4 Å². The third kappa shape index (κ3) is 5.52. The highest BCUT2D eigenvalue weighted by atomic mass is 35.5. The van der Waals surface area contributed by atoms with Gasteiger partial charge in [0.15, 0.2) is 0 Å². The van der Waals surface area contributed by atoms with Gasteiger partial charge in [-0.2, -0.15) is 13.7 Å². The second kappa shape index (κ2) is 9.48. The molecule has 1 aliphatic heterocycles. The largest absolute Gasteiger partial charge is 0.311 e. The van der Waals surface area contributed by atoms with E-state index < -0.39 is 28.0 Å². The minimum atomic E-state index is -3.73. The molecule has 3 rings (SSSR count). The van der Waals surface area contributed by atoms with Crippen LogP contribution < -0.4 is 5.32 Å². The smallest absolute Gasteiger partial charge is 0.264 e. The van der Waals surface area contributed by atoms with Crippen molar-refractivity contribution in [3.8, 4) is 6.07 Å². The molecular weight excluding hydrogens is 403 g/mol. The maximum Gasteiger partial charge on any atom is 0.264 e. The number of rotatable bonds is 6. The zero-order valence-electron chi connectivity index (χ0n) is 15.3. The van der Waals surface area contributed by atoms with Gasteiger partial charge < -0.3 is 5.32 Å². The molecule has 2 aromatic carbocycles. The van der Waals surface area contributed by atoms with Gasteiger partial charge in [0.1, 0.15) is 11.9 Å². The van der Waals surface area contributed by atoms with E-state index in [2.05, 4.69) is 11.4 Å². The van der Waals surface area contributed by atoms with Gasteiger partial charge in [-0.25, -0.2) is 4.39 Å². The number of nitrogens with one attached hydrogen (secondary N) is 1. The quantitative estimate of drug-likeness (QED) is 0.719. The monoisotopic (exact) mass is 424 g/mol. The van der Waals surface area contributed by atoms with Crippen molar-refractivity contribution in [3.63, 3.8) is 0 Å². The zero-order valence-corrected chi connectivity index (χ0v) is 17.0. The first-order valence-corrected chi connectivity index (χ1v) is 10.6. The lowest BCUT2D eigenvalue weighted by molar-refractivity contribution is 0.153. The molecule has 5 nitrogen and oxygen atoms in total. The molecule has 0 bridgehead atoms. The lowest BCUT2D eigenvalue weighted by Gasteiger charge is -2.31. The number of nitriles is 1. The third-order valence-corrected chi connectivity index (χ3v) is 5.29. The molecule has 1 N–H and O–H groups in total. The molecule has 0 spiro atoms. The van der Waals surface area contributed by atoms with Crippen LogP contribution in [0.5, 0.6) is 0 Å². The van der Waals surface area contributed by atoms with Gasteiger partial charge in [-0.1, -0.05) is 24.3 Å². The Morgan fingerprint density at radius 1 is 1.21 bits per heavy atom. The summed E-state index contributed by atoms with van der Waals surface area (Å²) in [4.78, 5) is 0. The minimum absolute atomic E-state index is 0. The number of hydrogen-bond donors (Lipinski definition) is 1. The summed E-state index contributed by atoms with van der Waals surface area (Å²) in [7, 11) is -3.73. The summed E-state index contributed by atoms with van der Waals surface area (Å²) in [6.07, 6.45) is 1.98. The number of benzene rings is 2. The Kier molecular flexibility index (Phi) is 7.55. The van der Waals surface area contributed by atoms with E-state index in [1.165, 1.54) is 12.1 Å². The van der Waals surface area contributed by atoms with Gasteiger partial charge in [-0.05, 0) is 54.8 Å². The molecule has 0 aromatic heterocycles. The van der Waals surface area contributed by atoms with Crippen molar-refractivity contribution >= 4 is 22.5 Å². The Bertz CT molecular complexity index is 939. The maximum absolute atomic E-state index is 13.9. The van der Waals surface area contributed by atoms with E-state index in [1.54, 1.807) is 36.4 Å². The van der Waals surface area contributed by atoms with E-state index in [-0.39, 0.29) is 18.4 Å². The molecule has 2 aromatic rings. The minimum Gasteiger partial charge on any atom is -0.311 e. The van der Waals surface area contributed by atoms with E-state index in [1.807, 2.05) is 0 Å². The second-order valence-corrected chi connectivity index (χ2v) is 8.33. The lowest BCUT2D eigenvalue weighted by Crippen LogP contribution is -2.42. The Hall–Kier alpha value is -1.98. The van der Waals surface area contributed by atoms with Crippen molar-refractivity contribution in [3.05, 3.63) is 71.0 Å². The van der Waals surface area contributed by atoms with Gasteiger partial charge in [0, 0.05) is 12.0 Å². The zero-order chi connectivity index (χ0) is 19.4. The summed E-state index contributed by atoms with van der Waals surface area (Å²) >= 11 is 0. The molecule has 0 saturated carbocycles. The van der Waals surface area contributed by atoms with Gasteiger partial charge in [0.2, 0.25) is 0 Å². The highest BCUT2D eigenvalue weighted by molar-refractivity contribution is 7.86. The first-order valence-electron chi connectivity index (χ1n) is 8.74. The van der Waals surface area contributed by atoms with Crippen LogP contribution in [0, 0.1) is 17.1 Å². The first-order chi connectivity index (χ1) is 12.9. The Balaban J connectivity index is 0.00000280. The normalized spacial score (nSPS) is 18.7. The summed E-state index contributed by atoms with van der Waals surface area (Å²) < 4.78 is 43.4. The number of halogens is 2. The molecule has 150 valence electrons. The van der Waals surface area contributed by atoms with Gasteiger partial charge >= 0.3 is 0 Å². The summed E-state index contributed by atoms with van der Waals surface area (Å²) in [6.45, 7) is 0.775. The van der Waals surface area contributed by atoms with Crippen LogP contribution in [0.4, 0.5) is 4.39 Å². The standard InChI is InChI=1S/C20H21FN2O3S.ClH/c1-27(24,25)26-20(18-6-3-11-23-18)19(16-4-2-5-17(21)12-16)15-9-7-14(13-22)8-10-15;/h2,4-5,7-10,12,18-20,23H,3,6,11H2,1H3;1H/t18-,19?,20?;/m1./s1. The van der Waals surface area contributed by atoms with Crippen molar-refractivity contribution in [1.29, 1.82) is 5.26 Å². The van der Waals surface area contributed by atoms with Crippen LogP contribution in [-0.4, -0.2) is 33.4 Å². The van der Waals surface area contributed by atoms with Gasteiger partial charge in [-0.15, -0.1) is 12.4 Å². The van der Waals surface area contributed by atoms with Crippen LogP contribution in [0.3, 0.4) is 0 Å². The highest BCUT2D eigenvalue weighted by Gasteiger charge is 2.37. The maximum atomic E-state index is 13.9. The topological polar surface area (TPSA) is 79.2 Å². The molecule has 0 radical (unpaired) electrons. The average molecular weight is 425 g/mol. The number of nitrogens with zero attached hydrogens (tertiary/aromatic N) is 1. The molecule has 2 unspecified atom stereocenters. The van der Waals surface area contributed by atoms with E-state index in [9.17, 15) is 12.8 Å². The molecule has 1 heterocycles. The van der Waals surface area contributed by atoms with Crippen molar-refractivity contribution in [2.45, 2.75) is 30.9 Å². The average Bonchev–Trinajstić information content (AvgIpc) is 3.15. The SMILES string of the molecule is CS(=O)(=O)OC(C(c1ccc(C#N)cc1)c1cccc(F)c1)[C@H]1CCCN1.Cl. The third-order valence-electron chi connectivity index (χ3n) is 4.72.